The summed E-state index contributed by atoms with van der Waals surface area (Å²) in [7, 11) is 0. The van der Waals surface area contributed by atoms with Gasteiger partial charge in [0.25, 0.3) is 0 Å². The summed E-state index contributed by atoms with van der Waals surface area (Å²) in [6.07, 6.45) is 0.800. The Kier molecular flexibility index (Phi) is 7.96. The van der Waals surface area contributed by atoms with E-state index in [4.69, 9.17) is 9.47 Å². The minimum atomic E-state index is -0.640. The minimum absolute atomic E-state index is 0. The Bertz CT molecular complexity index is 802. The topological polar surface area (TPSA) is 75.1 Å². The second-order valence-corrected chi connectivity index (χ2v) is 5.85. The number of nitrogens with zero attached hydrogens (tertiary/aromatic N) is 1. The molecule has 0 atom stereocenters. The first-order valence-electron chi connectivity index (χ1n) is 8.54. The van der Waals surface area contributed by atoms with Gasteiger partial charge in [-0.1, -0.05) is 12.1 Å². The molecular formula is C19H23FIN3O3. The van der Waals surface area contributed by atoms with Crippen molar-refractivity contribution in [2.75, 3.05) is 19.9 Å². The number of fused-ring (bicyclic) bond motifs is 1. The van der Waals surface area contributed by atoms with E-state index in [0.717, 1.165) is 30.0 Å². The molecule has 3 rings (SSSR count). The summed E-state index contributed by atoms with van der Waals surface area (Å²) in [6.45, 7) is 3.98. The fourth-order valence-corrected chi connectivity index (χ4v) is 2.58. The van der Waals surface area contributed by atoms with E-state index in [1.165, 1.54) is 12.1 Å². The minimum Gasteiger partial charge on any atom is -0.505 e. The molecule has 0 saturated carbocycles. The van der Waals surface area contributed by atoms with E-state index in [9.17, 15) is 9.50 Å². The van der Waals surface area contributed by atoms with Crippen LogP contribution in [0.1, 0.15) is 18.1 Å². The van der Waals surface area contributed by atoms with Crippen LogP contribution < -0.4 is 20.1 Å². The van der Waals surface area contributed by atoms with Crippen molar-refractivity contribution in [3.8, 4) is 17.2 Å². The number of nitrogens with one attached hydrogen (secondary N) is 2. The Morgan fingerprint density at radius 3 is 2.67 bits per heavy atom. The van der Waals surface area contributed by atoms with Crippen molar-refractivity contribution in [1.29, 1.82) is 0 Å². The van der Waals surface area contributed by atoms with Crippen molar-refractivity contribution in [3.63, 3.8) is 0 Å². The quantitative estimate of drug-likeness (QED) is 0.332. The number of aliphatic imine (C=N–C) groups is 1. The highest BCUT2D eigenvalue weighted by atomic mass is 127. The van der Waals surface area contributed by atoms with Crippen molar-refractivity contribution in [3.05, 3.63) is 53.3 Å². The molecule has 0 radical (unpaired) electrons. The number of benzene rings is 2. The summed E-state index contributed by atoms with van der Waals surface area (Å²) in [5.41, 5.74) is 1.83. The summed E-state index contributed by atoms with van der Waals surface area (Å²) < 4.78 is 24.1. The monoisotopic (exact) mass is 487 g/mol. The summed E-state index contributed by atoms with van der Waals surface area (Å²) in [6, 6.07) is 10.2. The van der Waals surface area contributed by atoms with Gasteiger partial charge in [0.1, 0.15) is 0 Å². The highest BCUT2D eigenvalue weighted by Crippen LogP contribution is 2.32. The predicted molar refractivity (Wildman–Crippen MR) is 113 cm³/mol. The molecule has 27 heavy (non-hydrogen) atoms. The summed E-state index contributed by atoms with van der Waals surface area (Å²) in [5.74, 6) is 1.21. The van der Waals surface area contributed by atoms with Gasteiger partial charge >= 0.3 is 0 Å². The number of guanidine groups is 1. The van der Waals surface area contributed by atoms with Crippen LogP contribution in [-0.4, -0.2) is 30.9 Å². The van der Waals surface area contributed by atoms with Crippen molar-refractivity contribution in [1.82, 2.24) is 10.6 Å². The van der Waals surface area contributed by atoms with Gasteiger partial charge < -0.3 is 25.2 Å². The Labute approximate surface area is 174 Å². The lowest BCUT2D eigenvalue weighted by molar-refractivity contribution is 0.174. The fraction of sp³-hybridized carbons (Fsp3) is 0.316. The molecule has 146 valence electrons. The van der Waals surface area contributed by atoms with Crippen molar-refractivity contribution in [2.24, 2.45) is 4.99 Å². The Balaban J connectivity index is 0.00000261. The van der Waals surface area contributed by atoms with Crippen LogP contribution in [0.5, 0.6) is 17.2 Å². The molecule has 8 heteroatoms. The second-order valence-electron chi connectivity index (χ2n) is 5.85. The molecule has 0 fully saturated rings. The highest BCUT2D eigenvalue weighted by Gasteiger charge is 2.13. The largest absolute Gasteiger partial charge is 0.505 e. The van der Waals surface area contributed by atoms with Gasteiger partial charge in [-0.3, -0.25) is 0 Å². The molecule has 0 aromatic heterocycles. The van der Waals surface area contributed by atoms with Crippen LogP contribution in [0, 0.1) is 5.82 Å². The average molecular weight is 487 g/mol. The van der Waals surface area contributed by atoms with Gasteiger partial charge in [0.05, 0.1) is 6.54 Å². The molecule has 1 aliphatic rings. The second kappa shape index (κ2) is 10.2. The maximum absolute atomic E-state index is 13.4. The number of halogens is 2. The lowest BCUT2D eigenvalue weighted by Gasteiger charge is -2.11. The smallest absolute Gasteiger partial charge is 0.231 e. The van der Waals surface area contributed by atoms with Crippen molar-refractivity contribution in [2.45, 2.75) is 19.9 Å². The zero-order valence-electron chi connectivity index (χ0n) is 15.0. The van der Waals surface area contributed by atoms with Crippen LogP contribution in [0.15, 0.2) is 41.4 Å². The molecule has 0 spiro atoms. The summed E-state index contributed by atoms with van der Waals surface area (Å²) in [5, 5.41) is 15.7. The first kappa shape index (κ1) is 21.1. The number of ether oxygens (including phenoxy) is 2. The Morgan fingerprint density at radius 2 is 1.89 bits per heavy atom. The number of hydrogen-bond acceptors (Lipinski definition) is 4. The number of aromatic hydroxyl groups is 1. The molecule has 0 amide bonds. The molecule has 0 bridgehead atoms. The lowest BCUT2D eigenvalue weighted by Crippen LogP contribution is -2.38. The zero-order chi connectivity index (χ0) is 18.4. The first-order chi connectivity index (χ1) is 12.7. The number of hydrogen-bond donors (Lipinski definition) is 3. The molecule has 0 saturated heterocycles. The number of rotatable bonds is 6. The van der Waals surface area contributed by atoms with Crippen LogP contribution in [0.3, 0.4) is 0 Å². The van der Waals surface area contributed by atoms with Gasteiger partial charge in [-0.25, -0.2) is 9.38 Å². The van der Waals surface area contributed by atoms with Gasteiger partial charge in [-0.2, -0.15) is 0 Å². The molecular weight excluding hydrogens is 464 g/mol. The van der Waals surface area contributed by atoms with E-state index in [2.05, 4.69) is 15.6 Å². The molecule has 0 aliphatic carbocycles. The van der Waals surface area contributed by atoms with Gasteiger partial charge in [-0.15, -0.1) is 24.0 Å². The van der Waals surface area contributed by atoms with Crippen LogP contribution >= 0.6 is 24.0 Å². The van der Waals surface area contributed by atoms with E-state index < -0.39 is 5.82 Å². The van der Waals surface area contributed by atoms with Gasteiger partial charge in [0.15, 0.2) is 29.0 Å². The number of phenolic OH excluding ortho intramolecular Hbond substituents is 1. The van der Waals surface area contributed by atoms with Crippen LogP contribution in [-0.2, 0) is 13.0 Å². The molecule has 2 aromatic carbocycles. The van der Waals surface area contributed by atoms with E-state index in [0.29, 0.717) is 24.6 Å². The van der Waals surface area contributed by atoms with Crippen LogP contribution in [0.4, 0.5) is 4.39 Å². The third-order valence-corrected chi connectivity index (χ3v) is 3.92. The van der Waals surface area contributed by atoms with E-state index in [-0.39, 0.29) is 36.5 Å². The Morgan fingerprint density at radius 1 is 1.11 bits per heavy atom. The normalized spacial score (nSPS) is 12.4. The molecule has 2 aromatic rings. The zero-order valence-corrected chi connectivity index (χ0v) is 17.3. The SMILES string of the molecule is CCNC(=NCc1ccc(O)c(F)c1)NCCc1ccc2c(c1)OCO2.I. The summed E-state index contributed by atoms with van der Waals surface area (Å²) in [4.78, 5) is 4.44. The average Bonchev–Trinajstić information content (AvgIpc) is 3.10. The fourth-order valence-electron chi connectivity index (χ4n) is 2.58. The maximum atomic E-state index is 13.4. The van der Waals surface area contributed by atoms with Crippen LogP contribution in [0.25, 0.3) is 0 Å². The van der Waals surface area contributed by atoms with Gasteiger partial charge in [0.2, 0.25) is 6.79 Å². The number of phenols is 1. The van der Waals surface area contributed by atoms with Crippen molar-refractivity contribution < 1.29 is 19.0 Å². The molecule has 6 nitrogen and oxygen atoms in total. The third-order valence-electron chi connectivity index (χ3n) is 3.92. The van der Waals surface area contributed by atoms with Crippen molar-refractivity contribution >= 4 is 29.9 Å². The maximum Gasteiger partial charge on any atom is 0.231 e. The molecule has 1 heterocycles. The lowest BCUT2D eigenvalue weighted by atomic mass is 10.1. The molecule has 1 aliphatic heterocycles. The summed E-state index contributed by atoms with van der Waals surface area (Å²) >= 11 is 0. The van der Waals surface area contributed by atoms with Gasteiger partial charge in [-0.05, 0) is 48.7 Å². The van der Waals surface area contributed by atoms with Gasteiger partial charge in [0, 0.05) is 13.1 Å². The van der Waals surface area contributed by atoms with E-state index in [1.807, 2.05) is 25.1 Å². The van der Waals surface area contributed by atoms with Crippen LogP contribution in [0.2, 0.25) is 0 Å². The third kappa shape index (κ3) is 5.88. The first-order valence-corrected chi connectivity index (χ1v) is 8.54. The highest BCUT2D eigenvalue weighted by molar-refractivity contribution is 14.0. The Hall–Kier alpha value is -2.23. The van der Waals surface area contributed by atoms with E-state index >= 15 is 0 Å². The molecule has 3 N–H and O–H groups in total. The molecule has 0 unspecified atom stereocenters. The van der Waals surface area contributed by atoms with E-state index in [1.54, 1.807) is 6.07 Å². The standard InChI is InChI=1S/C19H22FN3O3.HI/c1-2-21-19(23-11-14-3-5-16(24)15(20)9-14)22-8-7-13-4-6-17-18(10-13)26-12-25-17;/h3-6,9-10,24H,2,7-8,11-12H2,1H3,(H2,21,22,23);1H. The predicted octanol–water partition coefficient (Wildman–Crippen LogP) is 3.18.